The topological polar surface area (TPSA) is 107 Å². The molecule has 8 heteroatoms. The van der Waals surface area contributed by atoms with E-state index in [0.717, 1.165) is 25.9 Å². The maximum Gasteiger partial charge on any atom is 0.258 e. The number of fused-ring (bicyclic) bond motifs is 1. The lowest BCUT2D eigenvalue weighted by Crippen LogP contribution is -2.40. The number of carbonyl (C=O) groups is 2. The number of H-pyrrole nitrogens is 1. The Morgan fingerprint density at radius 2 is 2.04 bits per heavy atom. The Balaban J connectivity index is 1.98. The van der Waals surface area contributed by atoms with Crippen LogP contribution in [-0.2, 0) is 9.59 Å². The van der Waals surface area contributed by atoms with Crippen LogP contribution in [0.5, 0.6) is 0 Å². The van der Waals surface area contributed by atoms with Crippen molar-refractivity contribution in [2.24, 2.45) is 0 Å². The number of aromatic amines is 1. The first-order valence-corrected chi connectivity index (χ1v) is 8.07. The molecule has 1 saturated heterocycles. The van der Waals surface area contributed by atoms with Crippen molar-refractivity contribution in [2.45, 2.75) is 38.5 Å². The molecule has 1 aromatic heterocycles. The molecular formula is C15H21N5O3. The second kappa shape index (κ2) is 6.39. The van der Waals surface area contributed by atoms with Crippen LogP contribution in [0.3, 0.4) is 0 Å². The quantitative estimate of drug-likeness (QED) is 0.744. The van der Waals surface area contributed by atoms with E-state index in [0.29, 0.717) is 12.5 Å². The molecule has 8 nitrogen and oxygen atoms in total. The number of piperidine rings is 1. The molecule has 3 heterocycles. The molecule has 0 spiro atoms. The van der Waals surface area contributed by atoms with Gasteiger partial charge in [0.15, 0.2) is 0 Å². The number of hydrogen-bond donors (Lipinski definition) is 3. The Morgan fingerprint density at radius 3 is 2.74 bits per heavy atom. The zero-order valence-corrected chi connectivity index (χ0v) is 13.1. The fourth-order valence-electron chi connectivity index (χ4n) is 3.14. The molecule has 1 fully saturated rings. The van der Waals surface area contributed by atoms with Gasteiger partial charge in [0.25, 0.3) is 5.56 Å². The van der Waals surface area contributed by atoms with E-state index < -0.39 is 5.92 Å². The second-order valence-electron chi connectivity index (χ2n) is 5.90. The lowest BCUT2D eigenvalue weighted by Gasteiger charge is -2.29. The van der Waals surface area contributed by atoms with E-state index in [1.165, 1.54) is 6.42 Å². The summed E-state index contributed by atoms with van der Waals surface area (Å²) in [5.74, 6) is -0.726. The molecule has 0 bridgehead atoms. The van der Waals surface area contributed by atoms with Crippen LogP contribution in [0.25, 0.3) is 0 Å². The highest BCUT2D eigenvalue weighted by molar-refractivity contribution is 6.00. The van der Waals surface area contributed by atoms with Gasteiger partial charge in [-0.15, -0.1) is 0 Å². The highest BCUT2D eigenvalue weighted by Gasteiger charge is 2.34. The van der Waals surface area contributed by atoms with Gasteiger partial charge >= 0.3 is 0 Å². The van der Waals surface area contributed by atoms with E-state index in [9.17, 15) is 14.4 Å². The molecular weight excluding hydrogens is 298 g/mol. The van der Waals surface area contributed by atoms with Crippen molar-refractivity contribution in [1.29, 1.82) is 0 Å². The fourth-order valence-corrected chi connectivity index (χ4v) is 3.14. The van der Waals surface area contributed by atoms with Crippen molar-refractivity contribution in [2.75, 3.05) is 29.9 Å². The van der Waals surface area contributed by atoms with Crippen LogP contribution in [0, 0.1) is 0 Å². The van der Waals surface area contributed by atoms with Crippen LogP contribution in [0.1, 0.15) is 44.1 Å². The Hall–Kier alpha value is -2.38. The van der Waals surface area contributed by atoms with Crippen LogP contribution in [0.4, 0.5) is 11.8 Å². The monoisotopic (exact) mass is 319 g/mol. The summed E-state index contributed by atoms with van der Waals surface area (Å²) >= 11 is 0. The van der Waals surface area contributed by atoms with E-state index in [4.69, 9.17) is 0 Å². The van der Waals surface area contributed by atoms with Gasteiger partial charge in [-0.25, -0.2) is 0 Å². The third kappa shape index (κ3) is 3.06. The number of aromatic nitrogens is 2. The van der Waals surface area contributed by atoms with E-state index in [1.807, 2.05) is 4.90 Å². The molecule has 2 aliphatic rings. The number of amides is 2. The van der Waals surface area contributed by atoms with Crippen LogP contribution in [0.2, 0.25) is 0 Å². The van der Waals surface area contributed by atoms with Gasteiger partial charge in [0.05, 0.1) is 11.5 Å². The SMILES string of the molecule is CCNC(=O)C1CC(=O)Nc2nc(N3CCCCC3)[nH]c(=O)c21. The number of nitrogens with zero attached hydrogens (tertiary/aromatic N) is 2. The van der Waals surface area contributed by atoms with E-state index in [2.05, 4.69) is 20.6 Å². The first-order chi connectivity index (χ1) is 11.1. The maximum absolute atomic E-state index is 12.5. The van der Waals surface area contributed by atoms with Crippen molar-refractivity contribution in [3.63, 3.8) is 0 Å². The summed E-state index contributed by atoms with van der Waals surface area (Å²) in [4.78, 5) is 45.7. The minimum Gasteiger partial charge on any atom is -0.356 e. The van der Waals surface area contributed by atoms with Gasteiger partial charge in [-0.3, -0.25) is 19.4 Å². The van der Waals surface area contributed by atoms with E-state index in [-0.39, 0.29) is 35.2 Å². The minimum absolute atomic E-state index is 0.0351. The molecule has 2 amide bonds. The molecule has 0 radical (unpaired) electrons. The summed E-state index contributed by atoms with van der Waals surface area (Å²) in [5.41, 5.74) is -0.108. The zero-order valence-electron chi connectivity index (χ0n) is 13.1. The highest BCUT2D eigenvalue weighted by atomic mass is 16.2. The molecule has 1 unspecified atom stereocenters. The number of likely N-dealkylation sites (N-methyl/N-ethyl adjacent to an activating group) is 1. The van der Waals surface area contributed by atoms with Crippen molar-refractivity contribution in [1.82, 2.24) is 15.3 Å². The van der Waals surface area contributed by atoms with Gasteiger partial charge in [-0.2, -0.15) is 4.98 Å². The third-order valence-corrected chi connectivity index (χ3v) is 4.26. The molecule has 124 valence electrons. The Kier molecular flexibility index (Phi) is 4.31. The molecule has 0 aliphatic carbocycles. The van der Waals surface area contributed by atoms with E-state index in [1.54, 1.807) is 6.92 Å². The first-order valence-electron chi connectivity index (χ1n) is 8.07. The third-order valence-electron chi connectivity index (χ3n) is 4.26. The number of hydrogen-bond acceptors (Lipinski definition) is 5. The van der Waals surface area contributed by atoms with Crippen molar-refractivity contribution in [3.05, 3.63) is 15.9 Å². The largest absolute Gasteiger partial charge is 0.356 e. The molecule has 2 aliphatic heterocycles. The lowest BCUT2D eigenvalue weighted by atomic mass is 9.92. The Labute approximate surface area is 133 Å². The maximum atomic E-state index is 12.5. The molecule has 1 aromatic rings. The van der Waals surface area contributed by atoms with Crippen molar-refractivity contribution >= 4 is 23.6 Å². The molecule has 3 rings (SSSR count). The predicted octanol–water partition coefficient (Wildman–Crippen LogP) is 0.322. The molecule has 3 N–H and O–H groups in total. The summed E-state index contributed by atoms with van der Waals surface area (Å²) in [6, 6.07) is 0. The summed E-state index contributed by atoms with van der Waals surface area (Å²) in [5, 5.41) is 5.30. The lowest BCUT2D eigenvalue weighted by molar-refractivity contribution is -0.126. The summed E-state index contributed by atoms with van der Waals surface area (Å²) in [6.45, 7) is 3.90. The predicted molar refractivity (Wildman–Crippen MR) is 85.6 cm³/mol. The van der Waals surface area contributed by atoms with Crippen LogP contribution in [0.15, 0.2) is 4.79 Å². The smallest absolute Gasteiger partial charge is 0.258 e. The summed E-state index contributed by atoms with van der Waals surface area (Å²) < 4.78 is 0. The minimum atomic E-state index is -0.787. The molecule has 0 aromatic carbocycles. The van der Waals surface area contributed by atoms with Gasteiger partial charge in [0.1, 0.15) is 5.82 Å². The van der Waals surface area contributed by atoms with Gasteiger partial charge in [0.2, 0.25) is 17.8 Å². The average molecular weight is 319 g/mol. The van der Waals surface area contributed by atoms with Gasteiger partial charge in [0, 0.05) is 26.1 Å². The highest BCUT2D eigenvalue weighted by Crippen LogP contribution is 2.29. The Bertz CT molecular complexity index is 678. The van der Waals surface area contributed by atoms with Crippen LogP contribution < -0.4 is 21.1 Å². The van der Waals surface area contributed by atoms with Crippen molar-refractivity contribution in [3.8, 4) is 0 Å². The molecule has 1 atom stereocenters. The van der Waals surface area contributed by atoms with Crippen LogP contribution >= 0.6 is 0 Å². The number of rotatable bonds is 3. The molecule has 0 saturated carbocycles. The van der Waals surface area contributed by atoms with E-state index >= 15 is 0 Å². The van der Waals surface area contributed by atoms with Gasteiger partial charge in [-0.1, -0.05) is 0 Å². The fraction of sp³-hybridized carbons (Fsp3) is 0.600. The second-order valence-corrected chi connectivity index (χ2v) is 5.90. The number of nitrogens with one attached hydrogen (secondary N) is 3. The summed E-state index contributed by atoms with van der Waals surface area (Å²) in [7, 11) is 0. The van der Waals surface area contributed by atoms with Gasteiger partial charge < -0.3 is 15.5 Å². The zero-order chi connectivity index (χ0) is 16.4. The normalized spacial score (nSPS) is 20.7. The molecule has 23 heavy (non-hydrogen) atoms. The number of anilines is 2. The summed E-state index contributed by atoms with van der Waals surface area (Å²) in [6.07, 6.45) is 3.23. The first kappa shape index (κ1) is 15.5. The average Bonchev–Trinajstić information content (AvgIpc) is 2.54. The van der Waals surface area contributed by atoms with Gasteiger partial charge in [-0.05, 0) is 26.2 Å². The number of carbonyl (C=O) groups excluding carboxylic acids is 2. The van der Waals surface area contributed by atoms with Crippen LogP contribution in [-0.4, -0.2) is 41.4 Å². The standard InChI is InChI=1S/C15H21N5O3/c1-2-16-13(22)9-8-10(21)17-12-11(9)14(23)19-15(18-12)20-6-4-3-5-7-20/h9H,2-8H2,1H3,(H,16,22)(H2,17,18,19,21,23). The Morgan fingerprint density at radius 1 is 1.30 bits per heavy atom. The van der Waals surface area contributed by atoms with Crippen molar-refractivity contribution < 1.29 is 9.59 Å².